The van der Waals surface area contributed by atoms with Gasteiger partial charge in [0.25, 0.3) is 0 Å². The van der Waals surface area contributed by atoms with E-state index >= 15 is 4.39 Å². The number of hydrogen-bond acceptors (Lipinski definition) is 3. The van der Waals surface area contributed by atoms with Gasteiger partial charge in [-0.2, -0.15) is 0 Å². The Morgan fingerprint density at radius 3 is 2.63 bits per heavy atom. The van der Waals surface area contributed by atoms with Crippen LogP contribution in [-0.2, 0) is 11.2 Å². The molecule has 2 aliphatic rings. The molecule has 2 aromatic rings. The number of alkyl halides is 2. The summed E-state index contributed by atoms with van der Waals surface area (Å²) >= 11 is 0. The van der Waals surface area contributed by atoms with E-state index in [-0.39, 0.29) is 24.8 Å². The first-order valence-corrected chi connectivity index (χ1v) is 13.3. The molecule has 0 bridgehead atoms. The van der Waals surface area contributed by atoms with Crippen LogP contribution in [0.2, 0.25) is 0 Å². The number of halogens is 4. The maximum absolute atomic E-state index is 15.7. The van der Waals surface area contributed by atoms with Crippen LogP contribution in [0.4, 0.5) is 17.6 Å². The third kappa shape index (κ3) is 5.90. The highest BCUT2D eigenvalue weighted by molar-refractivity contribution is 5.79. The molecule has 4 rings (SSSR count). The van der Waals surface area contributed by atoms with Gasteiger partial charge in [0.15, 0.2) is 0 Å². The van der Waals surface area contributed by atoms with Crippen molar-refractivity contribution >= 4 is 11.5 Å². The van der Waals surface area contributed by atoms with E-state index in [0.29, 0.717) is 55.6 Å². The Morgan fingerprint density at radius 1 is 1.16 bits per heavy atom. The highest BCUT2D eigenvalue weighted by Gasteiger charge is 2.41. The van der Waals surface area contributed by atoms with E-state index in [1.807, 2.05) is 6.92 Å². The van der Waals surface area contributed by atoms with Gasteiger partial charge < -0.3 is 9.84 Å². The van der Waals surface area contributed by atoms with Gasteiger partial charge in [-0.05, 0) is 98.1 Å². The van der Waals surface area contributed by atoms with Gasteiger partial charge >= 0.3 is 5.97 Å². The maximum atomic E-state index is 15.7. The molecule has 2 aromatic carbocycles. The summed E-state index contributed by atoms with van der Waals surface area (Å²) in [5.41, 5.74) is 4.85. The summed E-state index contributed by atoms with van der Waals surface area (Å²) in [6, 6.07) is 7.06. The number of benzene rings is 2. The van der Waals surface area contributed by atoms with Crippen molar-refractivity contribution in [3.63, 3.8) is 0 Å². The number of ether oxygens (including phenoxy) is 1. The van der Waals surface area contributed by atoms with E-state index in [0.717, 1.165) is 22.3 Å². The first kappa shape index (κ1) is 28.1. The zero-order chi connectivity index (χ0) is 27.6. The first-order valence-electron chi connectivity index (χ1n) is 13.3. The summed E-state index contributed by atoms with van der Waals surface area (Å²) in [6.07, 6.45) is 0.358. The highest BCUT2D eigenvalue weighted by atomic mass is 19.3. The number of carbonyl (C=O) groups is 1. The van der Waals surface area contributed by atoms with Crippen LogP contribution in [0.5, 0.6) is 5.75 Å². The standard InChI is InChI=1S/C30H35F4NO3/c1-17(30(36)37)16-35-18(2)13-23-22-15-21(31)9-8-20(22)14-24(23)29(35)28-19(3)26(11-10-25(28)32)38-12-6-4-5-7-27(33)34/h8-11,15,17-18,27,29H,4-7,12-14,16H2,1-3H3,(H,36,37)/t17-,18-,29+/m1/s1. The molecule has 1 N–H and O–H groups in total. The van der Waals surface area contributed by atoms with Gasteiger partial charge in [0.05, 0.1) is 18.6 Å². The normalized spacial score (nSPS) is 20.0. The molecule has 0 saturated carbocycles. The van der Waals surface area contributed by atoms with Crippen molar-refractivity contribution in [1.29, 1.82) is 0 Å². The Bertz CT molecular complexity index is 1210. The fraction of sp³-hybridized carbons (Fsp3) is 0.500. The number of nitrogens with zero attached hydrogens (tertiary/aromatic N) is 1. The number of carboxylic acids is 1. The molecule has 1 aliphatic carbocycles. The second-order valence-corrected chi connectivity index (χ2v) is 10.5. The molecular formula is C30H35F4NO3. The van der Waals surface area contributed by atoms with Gasteiger partial charge in [-0.1, -0.05) is 13.0 Å². The summed E-state index contributed by atoms with van der Waals surface area (Å²) in [5, 5.41) is 9.64. The average Bonchev–Trinajstić information content (AvgIpc) is 3.20. The van der Waals surface area contributed by atoms with Crippen molar-refractivity contribution in [2.45, 2.75) is 77.8 Å². The Morgan fingerprint density at radius 2 is 1.92 bits per heavy atom. The van der Waals surface area contributed by atoms with Crippen LogP contribution in [0.15, 0.2) is 35.9 Å². The molecule has 0 amide bonds. The van der Waals surface area contributed by atoms with Gasteiger partial charge in [0.1, 0.15) is 17.4 Å². The minimum atomic E-state index is -2.31. The van der Waals surface area contributed by atoms with Crippen molar-refractivity contribution < 1.29 is 32.2 Å². The number of aliphatic carboxylic acids is 1. The summed E-state index contributed by atoms with van der Waals surface area (Å²) in [5.74, 6) is -1.81. The second-order valence-electron chi connectivity index (χ2n) is 10.5. The van der Waals surface area contributed by atoms with Crippen LogP contribution in [0, 0.1) is 24.5 Å². The molecule has 0 unspecified atom stereocenters. The van der Waals surface area contributed by atoms with Crippen LogP contribution in [0.25, 0.3) is 5.57 Å². The van der Waals surface area contributed by atoms with E-state index < -0.39 is 30.2 Å². The van der Waals surface area contributed by atoms with Gasteiger partial charge in [-0.25, -0.2) is 17.6 Å². The number of unbranched alkanes of at least 4 members (excludes halogenated alkanes) is 2. The fourth-order valence-electron chi connectivity index (χ4n) is 5.79. The third-order valence-electron chi connectivity index (χ3n) is 7.81. The lowest BCUT2D eigenvalue weighted by molar-refractivity contribution is -0.142. The topological polar surface area (TPSA) is 49.8 Å². The highest BCUT2D eigenvalue weighted by Crippen LogP contribution is 2.50. The minimum absolute atomic E-state index is 0.104. The third-order valence-corrected chi connectivity index (χ3v) is 7.81. The second kappa shape index (κ2) is 11.9. The van der Waals surface area contributed by atoms with Crippen molar-refractivity contribution in [2.75, 3.05) is 13.2 Å². The molecule has 0 aromatic heterocycles. The van der Waals surface area contributed by atoms with E-state index in [4.69, 9.17) is 4.74 Å². The average molecular weight is 534 g/mol. The summed E-state index contributed by atoms with van der Waals surface area (Å²) in [4.78, 5) is 13.8. The van der Waals surface area contributed by atoms with Gasteiger partial charge in [-0.3, -0.25) is 9.69 Å². The summed E-state index contributed by atoms with van der Waals surface area (Å²) in [7, 11) is 0. The monoisotopic (exact) mass is 533 g/mol. The SMILES string of the molecule is Cc1c(OCCCCCC(F)F)ccc(F)c1[C@@H]1C2=C(C[C@@H](C)N1C[C@@H](C)C(=O)O)c1cc(F)ccc1C2. The minimum Gasteiger partial charge on any atom is -0.493 e. The van der Waals surface area contributed by atoms with Crippen molar-refractivity contribution in [1.82, 2.24) is 4.90 Å². The van der Waals surface area contributed by atoms with Crippen LogP contribution < -0.4 is 4.74 Å². The molecule has 0 saturated heterocycles. The van der Waals surface area contributed by atoms with E-state index in [1.165, 1.54) is 18.2 Å². The maximum Gasteiger partial charge on any atom is 0.307 e. The predicted octanol–water partition coefficient (Wildman–Crippen LogP) is 7.34. The predicted molar refractivity (Wildman–Crippen MR) is 138 cm³/mol. The van der Waals surface area contributed by atoms with Gasteiger partial charge in [0.2, 0.25) is 6.43 Å². The van der Waals surface area contributed by atoms with Crippen LogP contribution in [0.3, 0.4) is 0 Å². The number of rotatable bonds is 11. The smallest absolute Gasteiger partial charge is 0.307 e. The van der Waals surface area contributed by atoms with Crippen molar-refractivity contribution in [3.8, 4) is 5.75 Å². The molecule has 0 spiro atoms. The zero-order valence-corrected chi connectivity index (χ0v) is 22.1. The molecule has 1 heterocycles. The van der Waals surface area contributed by atoms with Gasteiger partial charge in [0, 0.05) is 24.6 Å². The van der Waals surface area contributed by atoms with Gasteiger partial charge in [-0.15, -0.1) is 0 Å². The molecule has 38 heavy (non-hydrogen) atoms. The Kier molecular flexibility index (Phi) is 8.81. The lowest BCUT2D eigenvalue weighted by atomic mass is 9.83. The summed E-state index contributed by atoms with van der Waals surface area (Å²) in [6.45, 7) is 6.00. The lowest BCUT2D eigenvalue weighted by Gasteiger charge is -2.43. The largest absolute Gasteiger partial charge is 0.493 e. The Hall–Kier alpha value is -2.87. The number of fused-ring (bicyclic) bond motifs is 2. The molecular weight excluding hydrogens is 498 g/mol. The molecule has 1 aliphatic heterocycles. The van der Waals surface area contributed by atoms with Crippen LogP contribution >= 0.6 is 0 Å². The number of carboxylic acid groups (broad SMARTS) is 1. The van der Waals surface area contributed by atoms with Crippen molar-refractivity contribution in [3.05, 3.63) is 69.8 Å². The zero-order valence-electron chi connectivity index (χ0n) is 22.1. The van der Waals surface area contributed by atoms with E-state index in [2.05, 4.69) is 4.90 Å². The van der Waals surface area contributed by atoms with E-state index in [1.54, 1.807) is 26.0 Å². The Labute approximate surface area is 221 Å². The first-order chi connectivity index (χ1) is 18.1. The Balaban J connectivity index is 1.69. The van der Waals surface area contributed by atoms with Crippen LogP contribution in [0.1, 0.15) is 74.2 Å². The number of hydrogen-bond donors (Lipinski definition) is 1. The molecule has 206 valence electrons. The lowest BCUT2D eigenvalue weighted by Crippen LogP contribution is -2.44. The molecule has 0 fully saturated rings. The van der Waals surface area contributed by atoms with E-state index in [9.17, 15) is 23.1 Å². The summed E-state index contributed by atoms with van der Waals surface area (Å²) < 4.78 is 60.6. The molecule has 0 radical (unpaired) electrons. The fourth-order valence-corrected chi connectivity index (χ4v) is 5.79. The molecule has 3 atom stereocenters. The molecule has 4 nitrogen and oxygen atoms in total. The quantitative estimate of drug-likeness (QED) is 0.243. The van der Waals surface area contributed by atoms with Crippen LogP contribution in [-0.4, -0.2) is 41.6 Å². The molecule has 8 heteroatoms. The van der Waals surface area contributed by atoms with Crippen molar-refractivity contribution in [2.24, 2.45) is 5.92 Å².